The molecule has 0 saturated carbocycles. The molecule has 8 nitrogen and oxygen atoms in total. The van der Waals surface area contributed by atoms with Gasteiger partial charge in [0.1, 0.15) is 4.83 Å². The van der Waals surface area contributed by atoms with E-state index in [1.807, 2.05) is 13.8 Å². The molecule has 1 N–H and O–H groups in total. The Labute approximate surface area is 154 Å². The number of fused-ring (bicyclic) bond motifs is 1. The summed E-state index contributed by atoms with van der Waals surface area (Å²) >= 11 is 1.56. The maximum Gasteiger partial charge on any atom is 0.262 e. The first-order valence-corrected chi connectivity index (χ1v) is 9.55. The monoisotopic (exact) mass is 374 g/mol. The number of nitrogens with one attached hydrogen (secondary N) is 1. The molecule has 4 heterocycles. The molecule has 9 heteroatoms. The molecule has 0 aromatic carbocycles. The molecule has 3 aromatic heterocycles. The summed E-state index contributed by atoms with van der Waals surface area (Å²) in [5, 5.41) is 8.19. The van der Waals surface area contributed by atoms with Gasteiger partial charge in [0.25, 0.3) is 5.56 Å². The van der Waals surface area contributed by atoms with Gasteiger partial charge < -0.3 is 9.84 Å². The highest BCUT2D eigenvalue weighted by atomic mass is 32.1. The van der Waals surface area contributed by atoms with Gasteiger partial charge in [-0.05, 0) is 26.5 Å². The molecule has 1 fully saturated rings. The lowest BCUT2D eigenvalue weighted by atomic mass is 10.2. The van der Waals surface area contributed by atoms with Gasteiger partial charge in [-0.3, -0.25) is 14.3 Å². The fraction of sp³-hybridized carbons (Fsp3) is 0.529. The number of thiophene rings is 1. The van der Waals surface area contributed by atoms with Crippen molar-refractivity contribution in [3.63, 3.8) is 0 Å². The molecular formula is C17H22N6O2S. The van der Waals surface area contributed by atoms with Crippen LogP contribution in [-0.4, -0.2) is 51.3 Å². The Balaban J connectivity index is 1.51. The minimum Gasteiger partial charge on any atom is -0.339 e. The van der Waals surface area contributed by atoms with E-state index >= 15 is 0 Å². The van der Waals surface area contributed by atoms with E-state index in [2.05, 4.69) is 32.4 Å². The fourth-order valence-corrected chi connectivity index (χ4v) is 4.23. The average molecular weight is 374 g/mol. The SMILES string of the molecule is Cc1sc2ncn(CCc3nc(C4CNCCN4C)no3)c(=O)c2c1C. The van der Waals surface area contributed by atoms with Crippen molar-refractivity contribution >= 4 is 21.6 Å². The van der Waals surface area contributed by atoms with Crippen LogP contribution in [-0.2, 0) is 13.0 Å². The second-order valence-electron chi connectivity index (χ2n) is 6.70. The van der Waals surface area contributed by atoms with Gasteiger partial charge in [0, 0.05) is 37.5 Å². The van der Waals surface area contributed by atoms with Crippen LogP contribution in [0.4, 0.5) is 0 Å². The highest BCUT2D eigenvalue weighted by Crippen LogP contribution is 2.25. The summed E-state index contributed by atoms with van der Waals surface area (Å²) in [4.78, 5) is 25.8. The topological polar surface area (TPSA) is 89.1 Å². The zero-order valence-electron chi connectivity index (χ0n) is 15.2. The van der Waals surface area contributed by atoms with E-state index < -0.39 is 0 Å². The molecule has 26 heavy (non-hydrogen) atoms. The predicted octanol–water partition coefficient (Wildman–Crippen LogP) is 1.28. The molecular weight excluding hydrogens is 352 g/mol. The number of hydrogen-bond acceptors (Lipinski definition) is 8. The smallest absolute Gasteiger partial charge is 0.262 e. The molecule has 0 radical (unpaired) electrons. The molecule has 4 rings (SSSR count). The van der Waals surface area contributed by atoms with Crippen molar-refractivity contribution in [3.05, 3.63) is 38.8 Å². The number of aromatic nitrogens is 4. The van der Waals surface area contributed by atoms with Gasteiger partial charge >= 0.3 is 0 Å². The Morgan fingerprint density at radius 2 is 2.27 bits per heavy atom. The number of aryl methyl sites for hydroxylation is 4. The summed E-state index contributed by atoms with van der Waals surface area (Å²) < 4.78 is 7.02. The van der Waals surface area contributed by atoms with Gasteiger partial charge in [0.15, 0.2) is 5.82 Å². The summed E-state index contributed by atoms with van der Waals surface area (Å²) in [6.07, 6.45) is 2.11. The van der Waals surface area contributed by atoms with Crippen LogP contribution in [0.25, 0.3) is 10.2 Å². The standard InChI is InChI=1S/C17H22N6O2S/c1-10-11(2)26-16-14(10)17(24)23(9-19-16)6-4-13-20-15(21-25-13)12-8-18-5-7-22(12)3/h9,12,18H,4-8H2,1-3H3. The Hall–Kier alpha value is -2.10. The van der Waals surface area contributed by atoms with Crippen LogP contribution in [0, 0.1) is 13.8 Å². The van der Waals surface area contributed by atoms with Gasteiger partial charge in [0.2, 0.25) is 5.89 Å². The fourth-order valence-electron chi connectivity index (χ4n) is 3.24. The van der Waals surface area contributed by atoms with Crippen molar-refractivity contribution in [1.29, 1.82) is 0 Å². The van der Waals surface area contributed by atoms with E-state index in [1.54, 1.807) is 22.2 Å². The van der Waals surface area contributed by atoms with Crippen LogP contribution < -0.4 is 10.9 Å². The first-order valence-electron chi connectivity index (χ1n) is 8.73. The number of piperazine rings is 1. The summed E-state index contributed by atoms with van der Waals surface area (Å²) in [6, 6.07) is 0.124. The molecule has 1 unspecified atom stereocenters. The lowest BCUT2D eigenvalue weighted by Crippen LogP contribution is -2.44. The number of rotatable bonds is 4. The molecule has 1 saturated heterocycles. The normalized spacial score (nSPS) is 18.7. The van der Waals surface area contributed by atoms with Crippen molar-refractivity contribution in [2.45, 2.75) is 32.9 Å². The minimum absolute atomic E-state index is 0.00666. The summed E-state index contributed by atoms with van der Waals surface area (Å²) in [7, 11) is 2.06. The van der Waals surface area contributed by atoms with Crippen molar-refractivity contribution in [1.82, 2.24) is 29.9 Å². The largest absolute Gasteiger partial charge is 0.339 e. The predicted molar refractivity (Wildman–Crippen MR) is 99.6 cm³/mol. The van der Waals surface area contributed by atoms with E-state index in [0.717, 1.165) is 40.3 Å². The molecule has 1 aliphatic rings. The molecule has 0 amide bonds. The van der Waals surface area contributed by atoms with Gasteiger partial charge in [-0.15, -0.1) is 11.3 Å². The maximum atomic E-state index is 12.7. The molecule has 1 atom stereocenters. The summed E-state index contributed by atoms with van der Waals surface area (Å²) in [5.74, 6) is 1.24. The third-order valence-corrected chi connectivity index (χ3v) is 6.13. The van der Waals surface area contributed by atoms with Crippen molar-refractivity contribution in [2.75, 3.05) is 26.7 Å². The van der Waals surface area contributed by atoms with E-state index in [9.17, 15) is 4.79 Å². The first kappa shape index (κ1) is 17.3. The van der Waals surface area contributed by atoms with Gasteiger partial charge in [-0.2, -0.15) is 4.98 Å². The van der Waals surface area contributed by atoms with Crippen LogP contribution in [0.3, 0.4) is 0 Å². The first-order chi connectivity index (χ1) is 12.5. The van der Waals surface area contributed by atoms with Crippen molar-refractivity contribution in [2.24, 2.45) is 0 Å². The second-order valence-corrected chi connectivity index (χ2v) is 7.91. The van der Waals surface area contributed by atoms with Crippen LogP contribution in [0.2, 0.25) is 0 Å². The lowest BCUT2D eigenvalue weighted by molar-refractivity contribution is 0.190. The third kappa shape index (κ3) is 3.06. The van der Waals surface area contributed by atoms with Crippen LogP contribution in [0.15, 0.2) is 15.6 Å². The Morgan fingerprint density at radius 3 is 3.08 bits per heavy atom. The molecule has 0 aliphatic carbocycles. The minimum atomic E-state index is -0.00666. The summed E-state index contributed by atoms with van der Waals surface area (Å²) in [6.45, 7) is 7.19. The van der Waals surface area contributed by atoms with E-state index in [4.69, 9.17) is 4.52 Å². The highest BCUT2D eigenvalue weighted by Gasteiger charge is 2.25. The van der Waals surface area contributed by atoms with Crippen molar-refractivity contribution < 1.29 is 4.52 Å². The van der Waals surface area contributed by atoms with Crippen molar-refractivity contribution in [3.8, 4) is 0 Å². The van der Waals surface area contributed by atoms with Crippen LogP contribution in [0.1, 0.15) is 28.2 Å². The number of hydrogen-bond donors (Lipinski definition) is 1. The van der Waals surface area contributed by atoms with E-state index in [0.29, 0.717) is 24.7 Å². The maximum absolute atomic E-state index is 12.7. The van der Waals surface area contributed by atoms with Crippen LogP contribution in [0.5, 0.6) is 0 Å². The van der Waals surface area contributed by atoms with Crippen LogP contribution >= 0.6 is 11.3 Å². The van der Waals surface area contributed by atoms with Gasteiger partial charge in [0.05, 0.1) is 17.8 Å². The second kappa shape index (κ2) is 6.90. The summed E-state index contributed by atoms with van der Waals surface area (Å²) in [5.41, 5.74) is 1.01. The van der Waals surface area contributed by atoms with E-state index in [1.165, 1.54) is 0 Å². The Kier molecular flexibility index (Phi) is 4.60. The molecule has 3 aromatic rings. The number of likely N-dealkylation sites (N-methyl/N-ethyl adjacent to an activating group) is 1. The Morgan fingerprint density at radius 1 is 1.42 bits per heavy atom. The molecule has 1 aliphatic heterocycles. The van der Waals surface area contributed by atoms with Gasteiger partial charge in [-0.1, -0.05) is 5.16 Å². The Bertz CT molecular complexity index is 991. The zero-order valence-corrected chi connectivity index (χ0v) is 16.0. The highest BCUT2D eigenvalue weighted by molar-refractivity contribution is 7.18. The zero-order chi connectivity index (χ0) is 18.3. The lowest BCUT2D eigenvalue weighted by Gasteiger charge is -2.30. The van der Waals surface area contributed by atoms with E-state index in [-0.39, 0.29) is 11.6 Å². The third-order valence-electron chi connectivity index (χ3n) is 5.02. The number of nitrogens with zero attached hydrogens (tertiary/aromatic N) is 5. The van der Waals surface area contributed by atoms with Gasteiger partial charge in [-0.25, -0.2) is 4.98 Å². The molecule has 0 spiro atoms. The average Bonchev–Trinajstić information content (AvgIpc) is 3.20. The molecule has 138 valence electrons. The quantitative estimate of drug-likeness (QED) is 0.736. The molecule has 0 bridgehead atoms.